The van der Waals surface area contributed by atoms with Crippen molar-refractivity contribution in [1.82, 2.24) is 0 Å². The Morgan fingerprint density at radius 2 is 1.65 bits per heavy atom. The molecule has 0 saturated carbocycles. The van der Waals surface area contributed by atoms with Crippen LogP contribution in [0.15, 0.2) is 53.0 Å². The van der Waals surface area contributed by atoms with E-state index in [-0.39, 0.29) is 5.41 Å². The summed E-state index contributed by atoms with van der Waals surface area (Å²) >= 11 is 3.55. The van der Waals surface area contributed by atoms with Crippen molar-refractivity contribution in [2.24, 2.45) is 0 Å². The molecule has 104 valence electrons. The molecule has 0 bridgehead atoms. The van der Waals surface area contributed by atoms with Crippen molar-refractivity contribution in [3.05, 3.63) is 69.7 Å². The van der Waals surface area contributed by atoms with Gasteiger partial charge in [0.2, 0.25) is 0 Å². The molecule has 0 radical (unpaired) electrons. The molecule has 1 N–H and O–H groups in total. The minimum Gasteiger partial charge on any atom is -0.380 e. The van der Waals surface area contributed by atoms with Gasteiger partial charge >= 0.3 is 0 Å². The molecule has 1 aliphatic rings. The van der Waals surface area contributed by atoms with Crippen LogP contribution in [-0.4, -0.2) is 5.11 Å². The van der Waals surface area contributed by atoms with Crippen LogP contribution in [0.4, 0.5) is 0 Å². The van der Waals surface area contributed by atoms with Gasteiger partial charge in [0, 0.05) is 4.47 Å². The number of hydrogen-bond acceptors (Lipinski definition) is 1. The largest absolute Gasteiger partial charge is 0.380 e. The summed E-state index contributed by atoms with van der Waals surface area (Å²) in [6.45, 7) is 4.51. The highest BCUT2D eigenvalue weighted by Gasteiger charge is 2.42. The lowest BCUT2D eigenvalue weighted by molar-refractivity contribution is 0.0496. The van der Waals surface area contributed by atoms with E-state index in [9.17, 15) is 5.11 Å². The highest BCUT2D eigenvalue weighted by Crippen LogP contribution is 2.48. The smallest absolute Gasteiger partial charge is 0.115 e. The van der Waals surface area contributed by atoms with Crippen molar-refractivity contribution in [3.8, 4) is 0 Å². The molecular weight excluding hydrogens is 312 g/mol. The Balaban J connectivity index is 2.22. The Morgan fingerprint density at radius 3 is 2.35 bits per heavy atom. The van der Waals surface area contributed by atoms with Gasteiger partial charge in [-0.1, -0.05) is 66.2 Å². The van der Waals surface area contributed by atoms with Crippen molar-refractivity contribution >= 4 is 15.9 Å². The van der Waals surface area contributed by atoms with Crippen LogP contribution < -0.4 is 0 Å². The third-order valence-corrected chi connectivity index (χ3v) is 5.01. The SMILES string of the molecule is CC1(C)CC[C@@](O)(c2ccccc2)c2ccc(Br)cc21. The van der Waals surface area contributed by atoms with Crippen LogP contribution in [0, 0.1) is 0 Å². The molecule has 2 heteroatoms. The van der Waals surface area contributed by atoms with Crippen LogP contribution in [-0.2, 0) is 11.0 Å². The van der Waals surface area contributed by atoms with Gasteiger partial charge in [0.25, 0.3) is 0 Å². The van der Waals surface area contributed by atoms with Crippen LogP contribution in [0.5, 0.6) is 0 Å². The van der Waals surface area contributed by atoms with Gasteiger partial charge in [-0.3, -0.25) is 0 Å². The molecule has 0 unspecified atom stereocenters. The van der Waals surface area contributed by atoms with Crippen molar-refractivity contribution in [2.75, 3.05) is 0 Å². The molecule has 1 aliphatic carbocycles. The molecule has 1 atom stereocenters. The summed E-state index contributed by atoms with van der Waals surface area (Å²) < 4.78 is 1.07. The molecule has 20 heavy (non-hydrogen) atoms. The topological polar surface area (TPSA) is 20.2 Å². The fraction of sp³-hybridized carbons (Fsp3) is 0.333. The summed E-state index contributed by atoms with van der Waals surface area (Å²) in [6, 6.07) is 16.2. The molecule has 0 amide bonds. The van der Waals surface area contributed by atoms with Gasteiger partial charge < -0.3 is 5.11 Å². The summed E-state index contributed by atoms with van der Waals surface area (Å²) in [5, 5.41) is 11.3. The van der Waals surface area contributed by atoms with Gasteiger partial charge in [-0.25, -0.2) is 0 Å². The van der Waals surface area contributed by atoms with Crippen LogP contribution >= 0.6 is 15.9 Å². The van der Waals surface area contributed by atoms with Crippen LogP contribution in [0.2, 0.25) is 0 Å². The number of benzene rings is 2. The molecule has 0 spiro atoms. The minimum absolute atomic E-state index is 0.0973. The lowest BCUT2D eigenvalue weighted by atomic mass is 9.65. The molecule has 2 aromatic carbocycles. The molecule has 3 rings (SSSR count). The Hall–Kier alpha value is -1.12. The summed E-state index contributed by atoms with van der Waals surface area (Å²) in [7, 11) is 0. The van der Waals surface area contributed by atoms with Gasteiger partial charge in [-0.2, -0.15) is 0 Å². The van der Waals surface area contributed by atoms with E-state index in [1.807, 2.05) is 36.4 Å². The quantitative estimate of drug-likeness (QED) is 0.799. The highest BCUT2D eigenvalue weighted by atomic mass is 79.9. The standard InChI is InChI=1S/C18H19BrO/c1-17(2)10-11-18(20,13-6-4-3-5-7-13)15-9-8-14(19)12-16(15)17/h3-9,12,20H,10-11H2,1-2H3/t18-/m1/s1. The zero-order valence-electron chi connectivity index (χ0n) is 11.9. The molecule has 1 nitrogen and oxygen atoms in total. The van der Waals surface area contributed by atoms with E-state index in [2.05, 4.69) is 41.9 Å². The number of hydrogen-bond donors (Lipinski definition) is 1. The van der Waals surface area contributed by atoms with Gasteiger partial charge in [0.1, 0.15) is 5.60 Å². The van der Waals surface area contributed by atoms with E-state index in [4.69, 9.17) is 0 Å². The Labute approximate surface area is 128 Å². The van der Waals surface area contributed by atoms with Crippen molar-refractivity contribution in [3.63, 3.8) is 0 Å². The second-order valence-corrected chi connectivity index (χ2v) is 7.22. The third-order valence-electron chi connectivity index (χ3n) is 4.52. The lowest BCUT2D eigenvalue weighted by Gasteiger charge is -2.42. The Morgan fingerprint density at radius 1 is 0.950 bits per heavy atom. The zero-order valence-corrected chi connectivity index (χ0v) is 13.4. The van der Waals surface area contributed by atoms with E-state index in [0.29, 0.717) is 0 Å². The first-order chi connectivity index (χ1) is 9.43. The first-order valence-electron chi connectivity index (χ1n) is 7.02. The number of rotatable bonds is 1. The maximum absolute atomic E-state index is 11.3. The van der Waals surface area contributed by atoms with E-state index in [1.54, 1.807) is 0 Å². The van der Waals surface area contributed by atoms with Gasteiger partial charge in [-0.05, 0) is 47.1 Å². The summed E-state index contributed by atoms with van der Waals surface area (Å²) in [6.07, 6.45) is 1.74. The predicted octanol–water partition coefficient (Wildman–Crippen LogP) is 4.76. The van der Waals surface area contributed by atoms with Crippen LogP contribution in [0.1, 0.15) is 43.4 Å². The summed E-state index contributed by atoms with van der Waals surface area (Å²) in [5.74, 6) is 0. The van der Waals surface area contributed by atoms with Crippen LogP contribution in [0.25, 0.3) is 0 Å². The van der Waals surface area contributed by atoms with E-state index >= 15 is 0 Å². The fourth-order valence-corrected chi connectivity index (χ4v) is 3.57. The summed E-state index contributed by atoms with van der Waals surface area (Å²) in [5.41, 5.74) is 2.50. The molecule has 0 heterocycles. The predicted molar refractivity (Wildman–Crippen MR) is 85.8 cm³/mol. The zero-order chi connectivity index (χ0) is 14.4. The molecule has 2 aromatic rings. The number of halogens is 1. The highest BCUT2D eigenvalue weighted by molar-refractivity contribution is 9.10. The first kappa shape index (κ1) is 13.8. The monoisotopic (exact) mass is 330 g/mol. The van der Waals surface area contributed by atoms with Gasteiger partial charge in [0.05, 0.1) is 0 Å². The summed E-state index contributed by atoms with van der Waals surface area (Å²) in [4.78, 5) is 0. The van der Waals surface area contributed by atoms with E-state index < -0.39 is 5.60 Å². The third kappa shape index (κ3) is 2.11. The fourth-order valence-electron chi connectivity index (χ4n) is 3.21. The first-order valence-corrected chi connectivity index (χ1v) is 7.81. The second-order valence-electron chi connectivity index (χ2n) is 6.30. The molecule has 0 aromatic heterocycles. The van der Waals surface area contributed by atoms with Crippen molar-refractivity contribution in [2.45, 2.75) is 37.7 Å². The maximum Gasteiger partial charge on any atom is 0.115 e. The normalized spacial score (nSPS) is 24.2. The van der Waals surface area contributed by atoms with E-state index in [1.165, 1.54) is 5.56 Å². The Bertz CT molecular complexity index is 633. The average Bonchev–Trinajstić information content (AvgIpc) is 2.45. The molecule has 0 saturated heterocycles. The second kappa shape index (κ2) is 4.71. The molecule has 0 fully saturated rings. The van der Waals surface area contributed by atoms with Crippen LogP contribution in [0.3, 0.4) is 0 Å². The number of aliphatic hydroxyl groups is 1. The van der Waals surface area contributed by atoms with Crippen molar-refractivity contribution < 1.29 is 5.11 Å². The molecule has 0 aliphatic heterocycles. The number of fused-ring (bicyclic) bond motifs is 1. The van der Waals surface area contributed by atoms with Crippen molar-refractivity contribution in [1.29, 1.82) is 0 Å². The lowest BCUT2D eigenvalue weighted by Crippen LogP contribution is -2.38. The minimum atomic E-state index is -0.868. The van der Waals surface area contributed by atoms with E-state index in [0.717, 1.165) is 28.4 Å². The molecular formula is C18H19BrO. The van der Waals surface area contributed by atoms with Gasteiger partial charge in [0.15, 0.2) is 0 Å². The Kier molecular flexibility index (Phi) is 3.26. The maximum atomic E-state index is 11.3. The average molecular weight is 331 g/mol. The van der Waals surface area contributed by atoms with Gasteiger partial charge in [-0.15, -0.1) is 0 Å².